The molecule has 0 aliphatic heterocycles. The summed E-state index contributed by atoms with van der Waals surface area (Å²) < 4.78 is 27.0. The summed E-state index contributed by atoms with van der Waals surface area (Å²) in [6, 6.07) is 10.5. The van der Waals surface area contributed by atoms with Gasteiger partial charge in [0.1, 0.15) is 5.01 Å². The van der Waals surface area contributed by atoms with Gasteiger partial charge < -0.3 is 0 Å². The van der Waals surface area contributed by atoms with E-state index in [0.717, 1.165) is 16.1 Å². The Morgan fingerprint density at radius 2 is 1.64 bits per heavy atom. The topological polar surface area (TPSA) is 72.0 Å². The lowest BCUT2D eigenvalue weighted by molar-refractivity contribution is 0.581. The molecule has 1 N–H and O–H groups in total. The molecule has 0 amide bonds. The van der Waals surface area contributed by atoms with Crippen molar-refractivity contribution in [3.05, 3.63) is 65.4 Å². The standard InChI is InChI=1S/C15H13N3O2S2/c19-22(20,18-11-15-17-9-10-21-15)14-3-1-12(2-4-14)13-5-7-16-8-6-13/h1-10,18H,11H2. The predicted molar refractivity (Wildman–Crippen MR) is 85.8 cm³/mol. The fourth-order valence-electron chi connectivity index (χ4n) is 1.95. The lowest BCUT2D eigenvalue weighted by Gasteiger charge is -2.07. The maximum atomic E-state index is 12.2. The first-order valence-corrected chi connectivity index (χ1v) is 8.90. The molecule has 112 valence electrons. The van der Waals surface area contributed by atoms with Gasteiger partial charge in [-0.2, -0.15) is 0 Å². The van der Waals surface area contributed by atoms with Gasteiger partial charge in [0.25, 0.3) is 0 Å². The van der Waals surface area contributed by atoms with Gasteiger partial charge in [0.15, 0.2) is 0 Å². The molecule has 0 unspecified atom stereocenters. The van der Waals surface area contributed by atoms with E-state index in [0.29, 0.717) is 0 Å². The minimum atomic E-state index is -3.53. The third-order valence-electron chi connectivity index (χ3n) is 3.08. The number of benzene rings is 1. The Bertz CT molecular complexity index is 830. The summed E-state index contributed by atoms with van der Waals surface area (Å²) in [5.74, 6) is 0. The zero-order chi connectivity index (χ0) is 15.4. The molecular formula is C15H13N3O2S2. The van der Waals surface area contributed by atoms with Crippen molar-refractivity contribution in [3.8, 4) is 11.1 Å². The van der Waals surface area contributed by atoms with Gasteiger partial charge in [-0.05, 0) is 35.4 Å². The lowest BCUT2D eigenvalue weighted by atomic mass is 10.1. The van der Waals surface area contributed by atoms with Crippen LogP contribution in [0.3, 0.4) is 0 Å². The average molecular weight is 331 g/mol. The van der Waals surface area contributed by atoms with Gasteiger partial charge in [-0.1, -0.05) is 12.1 Å². The van der Waals surface area contributed by atoms with Gasteiger partial charge in [-0.25, -0.2) is 18.1 Å². The number of thiazole rings is 1. The van der Waals surface area contributed by atoms with Crippen LogP contribution in [0.5, 0.6) is 0 Å². The van der Waals surface area contributed by atoms with E-state index in [2.05, 4.69) is 14.7 Å². The highest BCUT2D eigenvalue weighted by atomic mass is 32.2. The van der Waals surface area contributed by atoms with Gasteiger partial charge in [-0.15, -0.1) is 11.3 Å². The fourth-order valence-corrected chi connectivity index (χ4v) is 3.59. The molecule has 0 atom stereocenters. The summed E-state index contributed by atoms with van der Waals surface area (Å²) in [4.78, 5) is 8.26. The number of hydrogen-bond acceptors (Lipinski definition) is 5. The quantitative estimate of drug-likeness (QED) is 0.780. The fraction of sp³-hybridized carbons (Fsp3) is 0.0667. The van der Waals surface area contributed by atoms with Gasteiger partial charge in [-0.3, -0.25) is 4.98 Å². The maximum absolute atomic E-state index is 12.2. The van der Waals surface area contributed by atoms with Crippen molar-refractivity contribution in [2.75, 3.05) is 0 Å². The molecule has 0 saturated heterocycles. The Labute approximate surface area is 132 Å². The van der Waals surface area contributed by atoms with E-state index in [1.165, 1.54) is 11.3 Å². The molecule has 2 aromatic heterocycles. The maximum Gasteiger partial charge on any atom is 0.240 e. The summed E-state index contributed by atoms with van der Waals surface area (Å²) in [6.45, 7) is 0.201. The first-order valence-electron chi connectivity index (χ1n) is 6.54. The first-order chi connectivity index (χ1) is 10.6. The van der Waals surface area contributed by atoms with Crippen LogP contribution in [0.2, 0.25) is 0 Å². The Hall–Kier alpha value is -2.09. The Morgan fingerprint density at radius 1 is 0.955 bits per heavy atom. The van der Waals surface area contributed by atoms with Crippen molar-refractivity contribution in [1.29, 1.82) is 0 Å². The zero-order valence-corrected chi connectivity index (χ0v) is 13.1. The van der Waals surface area contributed by atoms with Crippen molar-refractivity contribution >= 4 is 21.4 Å². The second-order valence-corrected chi connectivity index (χ2v) is 7.26. The number of sulfonamides is 1. The van der Waals surface area contributed by atoms with E-state index in [1.54, 1.807) is 42.9 Å². The smallest absolute Gasteiger partial charge is 0.240 e. The van der Waals surface area contributed by atoms with Crippen LogP contribution in [0.4, 0.5) is 0 Å². The summed E-state index contributed by atoms with van der Waals surface area (Å²) >= 11 is 1.41. The van der Waals surface area contributed by atoms with Gasteiger partial charge in [0, 0.05) is 24.0 Å². The highest BCUT2D eigenvalue weighted by Gasteiger charge is 2.14. The molecule has 0 saturated carbocycles. The van der Waals surface area contributed by atoms with Crippen molar-refractivity contribution in [1.82, 2.24) is 14.7 Å². The van der Waals surface area contributed by atoms with Crippen molar-refractivity contribution < 1.29 is 8.42 Å². The van der Waals surface area contributed by atoms with Gasteiger partial charge >= 0.3 is 0 Å². The van der Waals surface area contributed by atoms with Crippen molar-refractivity contribution in [2.24, 2.45) is 0 Å². The van der Waals surface area contributed by atoms with Crippen LogP contribution in [0.1, 0.15) is 5.01 Å². The summed E-state index contributed by atoms with van der Waals surface area (Å²) in [5.41, 5.74) is 1.94. The monoisotopic (exact) mass is 331 g/mol. The molecule has 1 aromatic carbocycles. The second kappa shape index (κ2) is 6.35. The number of rotatable bonds is 5. The van der Waals surface area contributed by atoms with E-state index in [1.807, 2.05) is 17.5 Å². The molecule has 0 fully saturated rings. The van der Waals surface area contributed by atoms with Crippen LogP contribution in [-0.2, 0) is 16.6 Å². The van der Waals surface area contributed by atoms with Crippen LogP contribution in [0.15, 0.2) is 65.3 Å². The molecule has 22 heavy (non-hydrogen) atoms. The molecule has 7 heteroatoms. The molecule has 0 bridgehead atoms. The average Bonchev–Trinajstić information content (AvgIpc) is 3.08. The highest BCUT2D eigenvalue weighted by molar-refractivity contribution is 7.89. The van der Waals surface area contributed by atoms with E-state index in [9.17, 15) is 8.42 Å². The molecule has 0 radical (unpaired) electrons. The molecule has 0 spiro atoms. The zero-order valence-electron chi connectivity index (χ0n) is 11.5. The van der Waals surface area contributed by atoms with E-state index >= 15 is 0 Å². The van der Waals surface area contributed by atoms with Gasteiger partial charge in [0.2, 0.25) is 10.0 Å². The number of hydrogen-bond donors (Lipinski definition) is 1. The second-order valence-electron chi connectivity index (χ2n) is 4.51. The normalized spacial score (nSPS) is 11.5. The number of nitrogens with one attached hydrogen (secondary N) is 1. The van der Waals surface area contributed by atoms with Crippen LogP contribution in [0, 0.1) is 0 Å². The first kappa shape index (κ1) is 14.8. The molecular weight excluding hydrogens is 318 g/mol. The highest BCUT2D eigenvalue weighted by Crippen LogP contribution is 2.20. The number of nitrogens with zero attached hydrogens (tertiary/aromatic N) is 2. The Morgan fingerprint density at radius 3 is 2.27 bits per heavy atom. The molecule has 2 heterocycles. The predicted octanol–water partition coefficient (Wildman–Crippen LogP) is 2.68. The van der Waals surface area contributed by atoms with Crippen LogP contribution in [0.25, 0.3) is 11.1 Å². The minimum Gasteiger partial charge on any atom is -0.265 e. The van der Waals surface area contributed by atoms with Crippen molar-refractivity contribution in [3.63, 3.8) is 0 Å². The third kappa shape index (κ3) is 3.38. The summed E-state index contributed by atoms with van der Waals surface area (Å²) in [5, 5.41) is 2.55. The Balaban J connectivity index is 1.77. The van der Waals surface area contributed by atoms with Crippen LogP contribution < -0.4 is 4.72 Å². The van der Waals surface area contributed by atoms with E-state index in [4.69, 9.17) is 0 Å². The molecule has 3 rings (SSSR count). The summed E-state index contributed by atoms with van der Waals surface area (Å²) in [7, 11) is -3.53. The third-order valence-corrected chi connectivity index (χ3v) is 5.27. The van der Waals surface area contributed by atoms with E-state index in [-0.39, 0.29) is 11.4 Å². The Kier molecular flexibility index (Phi) is 4.28. The number of pyridine rings is 1. The molecule has 0 aliphatic rings. The van der Waals surface area contributed by atoms with Crippen molar-refractivity contribution in [2.45, 2.75) is 11.4 Å². The lowest BCUT2D eigenvalue weighted by Crippen LogP contribution is -2.23. The number of aromatic nitrogens is 2. The van der Waals surface area contributed by atoms with Crippen LogP contribution >= 0.6 is 11.3 Å². The molecule has 0 aliphatic carbocycles. The van der Waals surface area contributed by atoms with E-state index < -0.39 is 10.0 Å². The largest absolute Gasteiger partial charge is 0.265 e. The molecule has 5 nitrogen and oxygen atoms in total. The van der Waals surface area contributed by atoms with Gasteiger partial charge in [0.05, 0.1) is 11.4 Å². The minimum absolute atomic E-state index is 0.201. The SMILES string of the molecule is O=S(=O)(NCc1nccs1)c1ccc(-c2ccncc2)cc1. The van der Waals surface area contributed by atoms with Crippen LogP contribution in [-0.4, -0.2) is 18.4 Å². The summed E-state index contributed by atoms with van der Waals surface area (Å²) in [6.07, 6.45) is 5.06. The molecule has 3 aromatic rings.